The lowest BCUT2D eigenvalue weighted by Crippen LogP contribution is -2.39. The number of fused-ring (bicyclic) bond motifs is 2. The Morgan fingerprint density at radius 1 is 0.921 bits per heavy atom. The van der Waals surface area contributed by atoms with Crippen molar-refractivity contribution in [1.82, 2.24) is 19.5 Å². The fourth-order valence-electron chi connectivity index (χ4n) is 4.26. The van der Waals surface area contributed by atoms with Crippen LogP contribution in [0, 0.1) is 0 Å². The number of carbonyl (C=O) groups is 2. The quantitative estimate of drug-likeness (QED) is 0.312. The van der Waals surface area contributed by atoms with E-state index in [4.69, 9.17) is 13.9 Å². The lowest BCUT2D eigenvalue weighted by atomic mass is 10.0. The van der Waals surface area contributed by atoms with Crippen molar-refractivity contribution in [2.45, 2.75) is 65.7 Å². The third kappa shape index (κ3) is 5.41. The van der Waals surface area contributed by atoms with Crippen molar-refractivity contribution in [2.75, 3.05) is 6.54 Å². The van der Waals surface area contributed by atoms with E-state index in [2.05, 4.69) is 10.1 Å². The highest BCUT2D eigenvalue weighted by Gasteiger charge is 2.29. The van der Waals surface area contributed by atoms with E-state index in [1.807, 2.05) is 72.0 Å². The summed E-state index contributed by atoms with van der Waals surface area (Å²) < 4.78 is 18.8. The van der Waals surface area contributed by atoms with Crippen molar-refractivity contribution in [3.05, 3.63) is 65.8 Å². The fourth-order valence-corrected chi connectivity index (χ4v) is 4.26. The number of hydrogen-bond donors (Lipinski definition) is 0. The minimum atomic E-state index is -0.551. The molecule has 5 rings (SSSR count). The van der Waals surface area contributed by atoms with Crippen LogP contribution in [-0.4, -0.2) is 49.3 Å². The summed E-state index contributed by atoms with van der Waals surface area (Å²) in [5.74, 6) is 0.921. The summed E-state index contributed by atoms with van der Waals surface area (Å²) in [6, 6.07) is 11.2. The Morgan fingerprint density at radius 2 is 1.61 bits per heavy atom. The normalized spacial score (nSPS) is 13.9. The van der Waals surface area contributed by atoms with Crippen LogP contribution >= 0.6 is 0 Å². The summed E-state index contributed by atoms with van der Waals surface area (Å²) in [5, 5.41) is 4.52. The topological polar surface area (TPSA) is 99.2 Å². The number of amides is 1. The Morgan fingerprint density at radius 3 is 2.29 bits per heavy atom. The molecule has 38 heavy (non-hydrogen) atoms. The smallest absolute Gasteiger partial charge is 0.410 e. The number of esters is 1. The number of carbonyl (C=O) groups excluding carboxylic acids is 2. The van der Waals surface area contributed by atoms with Crippen LogP contribution in [0.4, 0.5) is 4.79 Å². The summed E-state index contributed by atoms with van der Waals surface area (Å²) >= 11 is 0. The molecule has 0 spiro atoms. The van der Waals surface area contributed by atoms with Crippen molar-refractivity contribution in [2.24, 2.45) is 0 Å². The Kier molecular flexibility index (Phi) is 6.25. The molecule has 1 aromatic carbocycles. The van der Waals surface area contributed by atoms with Gasteiger partial charge in [0.1, 0.15) is 22.7 Å². The number of hydrogen-bond acceptors (Lipinski definition) is 7. The fraction of sp³-hybridized carbons (Fsp3) is 0.379. The average molecular weight is 517 g/mol. The van der Waals surface area contributed by atoms with Crippen LogP contribution in [0.25, 0.3) is 28.1 Å². The maximum Gasteiger partial charge on any atom is 0.410 e. The number of aromatic nitrogens is 3. The van der Waals surface area contributed by atoms with Crippen molar-refractivity contribution < 1.29 is 23.5 Å². The number of rotatable bonds is 3. The van der Waals surface area contributed by atoms with Crippen molar-refractivity contribution in [3.63, 3.8) is 0 Å². The average Bonchev–Trinajstić information content (AvgIpc) is 3.45. The van der Waals surface area contributed by atoms with Crippen molar-refractivity contribution in [1.29, 1.82) is 0 Å². The molecule has 0 aliphatic carbocycles. The maximum atomic E-state index is 12.5. The second-order valence-electron chi connectivity index (χ2n) is 11.4. The molecule has 198 valence electrons. The minimum Gasteiger partial charge on any atom is -0.456 e. The minimum absolute atomic E-state index is 0.348. The molecular weight excluding hydrogens is 484 g/mol. The van der Waals surface area contributed by atoms with Gasteiger partial charge in [-0.15, -0.1) is 0 Å². The van der Waals surface area contributed by atoms with Gasteiger partial charge in [-0.2, -0.15) is 5.10 Å². The molecule has 0 unspecified atom stereocenters. The molecule has 9 nitrogen and oxygen atoms in total. The Bertz CT molecular complexity index is 1500. The Balaban J connectivity index is 1.34. The Hall–Kier alpha value is -4.14. The second-order valence-corrected chi connectivity index (χ2v) is 11.4. The number of oxazole rings is 1. The van der Waals surface area contributed by atoms with Gasteiger partial charge in [-0.25, -0.2) is 19.1 Å². The summed E-state index contributed by atoms with van der Waals surface area (Å²) in [6.45, 7) is 12.0. The van der Waals surface area contributed by atoms with E-state index in [9.17, 15) is 9.59 Å². The van der Waals surface area contributed by atoms with Gasteiger partial charge in [0.05, 0.1) is 29.4 Å². The van der Waals surface area contributed by atoms with E-state index in [0.717, 1.165) is 33.7 Å². The Labute approximate surface area is 221 Å². The van der Waals surface area contributed by atoms with E-state index in [0.29, 0.717) is 31.0 Å². The molecule has 1 aliphatic heterocycles. The molecule has 1 aliphatic rings. The SMILES string of the molecule is CC(C)(C)OC(=O)c1ccc(-c2cnn3cc(-c4nc5c(o4)CCN(C(=O)OC(C)(C)C)C5)ccc23)cc1. The predicted octanol–water partition coefficient (Wildman–Crippen LogP) is 5.90. The van der Waals surface area contributed by atoms with Gasteiger partial charge in [-0.05, 0) is 71.4 Å². The van der Waals surface area contributed by atoms with Gasteiger partial charge in [0.25, 0.3) is 0 Å². The highest BCUT2D eigenvalue weighted by Crippen LogP contribution is 2.30. The van der Waals surface area contributed by atoms with Gasteiger partial charge in [0.2, 0.25) is 5.89 Å². The summed E-state index contributed by atoms with van der Waals surface area (Å²) in [6.07, 6.45) is 3.89. The number of benzene rings is 1. The number of pyridine rings is 1. The van der Waals surface area contributed by atoms with Crippen LogP contribution in [0.1, 0.15) is 63.4 Å². The zero-order chi connectivity index (χ0) is 27.2. The standard InChI is InChI=1S/C29H32N4O5/c1-28(2,3)37-26(34)19-9-7-18(8-10-19)21-15-30-33-16-20(11-12-23(21)33)25-31-22-17-32(14-13-24(22)36-25)27(35)38-29(4,5)6/h7-12,15-16H,13-14,17H2,1-6H3. The highest BCUT2D eigenvalue weighted by molar-refractivity contribution is 5.91. The summed E-state index contributed by atoms with van der Waals surface area (Å²) in [5.41, 5.74) is 3.71. The van der Waals surface area contributed by atoms with E-state index < -0.39 is 11.2 Å². The maximum absolute atomic E-state index is 12.5. The third-order valence-corrected chi connectivity index (χ3v) is 5.97. The molecule has 0 bridgehead atoms. The first-order chi connectivity index (χ1) is 17.9. The van der Waals surface area contributed by atoms with Crippen LogP contribution in [0.15, 0.2) is 53.2 Å². The summed E-state index contributed by atoms with van der Waals surface area (Å²) in [7, 11) is 0. The zero-order valence-electron chi connectivity index (χ0n) is 22.6. The molecule has 0 atom stereocenters. The van der Waals surface area contributed by atoms with E-state index in [1.54, 1.807) is 27.7 Å². The predicted molar refractivity (Wildman–Crippen MR) is 142 cm³/mol. The van der Waals surface area contributed by atoms with Gasteiger partial charge < -0.3 is 18.8 Å². The molecule has 4 heterocycles. The van der Waals surface area contributed by atoms with Gasteiger partial charge in [-0.1, -0.05) is 12.1 Å². The van der Waals surface area contributed by atoms with Crippen LogP contribution < -0.4 is 0 Å². The molecule has 9 heteroatoms. The lowest BCUT2D eigenvalue weighted by molar-refractivity contribution is 0.00686. The first-order valence-corrected chi connectivity index (χ1v) is 12.6. The van der Waals surface area contributed by atoms with Crippen LogP contribution in [-0.2, 0) is 22.4 Å². The molecule has 1 amide bonds. The largest absolute Gasteiger partial charge is 0.456 e. The second kappa shape index (κ2) is 9.31. The van der Waals surface area contributed by atoms with Crippen LogP contribution in [0.5, 0.6) is 0 Å². The van der Waals surface area contributed by atoms with Crippen molar-refractivity contribution in [3.8, 4) is 22.6 Å². The molecular formula is C29H32N4O5. The molecule has 0 saturated heterocycles. The summed E-state index contributed by atoms with van der Waals surface area (Å²) in [4.78, 5) is 31.1. The van der Waals surface area contributed by atoms with Gasteiger partial charge in [-0.3, -0.25) is 0 Å². The zero-order valence-corrected chi connectivity index (χ0v) is 22.6. The molecule has 0 N–H and O–H groups in total. The molecule has 0 fully saturated rings. The first kappa shape index (κ1) is 25.5. The van der Waals surface area contributed by atoms with Crippen LogP contribution in [0.3, 0.4) is 0 Å². The molecule has 4 aromatic rings. The van der Waals surface area contributed by atoms with Crippen LogP contribution in [0.2, 0.25) is 0 Å². The van der Waals surface area contributed by atoms with Gasteiger partial charge in [0.15, 0.2) is 0 Å². The number of nitrogens with zero attached hydrogens (tertiary/aromatic N) is 4. The van der Waals surface area contributed by atoms with Gasteiger partial charge >= 0.3 is 12.1 Å². The van der Waals surface area contributed by atoms with E-state index >= 15 is 0 Å². The van der Waals surface area contributed by atoms with Gasteiger partial charge in [0, 0.05) is 24.7 Å². The molecule has 0 radical (unpaired) electrons. The monoisotopic (exact) mass is 516 g/mol. The molecule has 3 aromatic heterocycles. The van der Waals surface area contributed by atoms with E-state index in [1.165, 1.54) is 0 Å². The number of ether oxygens (including phenoxy) is 2. The third-order valence-electron chi connectivity index (χ3n) is 5.97. The first-order valence-electron chi connectivity index (χ1n) is 12.6. The van der Waals surface area contributed by atoms with Crippen molar-refractivity contribution >= 4 is 17.6 Å². The highest BCUT2D eigenvalue weighted by atomic mass is 16.6. The van der Waals surface area contributed by atoms with E-state index in [-0.39, 0.29) is 12.1 Å². The molecule has 0 saturated carbocycles. The lowest BCUT2D eigenvalue weighted by Gasteiger charge is -2.28.